The molecular weight excluding hydrogens is 252 g/mol. The standard InChI is InChI=1S/C12H10N2O5/c1-2-19-11(16)10(15)12(8-13,14(17)18)9-6-4-3-5-7-9/h3-7H,2H2,1H3. The molecule has 1 rings (SSSR count). The molecule has 0 aromatic heterocycles. The SMILES string of the molecule is CCOC(=O)C(=O)C(C#N)(c1ccccc1)[N+](=O)[O-]. The molecule has 1 aromatic carbocycles. The van der Waals surface area contributed by atoms with Crippen LogP contribution in [0.4, 0.5) is 0 Å². The van der Waals surface area contributed by atoms with Crippen molar-refractivity contribution in [2.75, 3.05) is 6.61 Å². The molecule has 0 aliphatic heterocycles. The second-order valence-corrected chi connectivity index (χ2v) is 3.49. The Morgan fingerprint density at radius 2 is 2.00 bits per heavy atom. The Hall–Kier alpha value is -2.75. The van der Waals surface area contributed by atoms with E-state index in [9.17, 15) is 19.7 Å². The highest BCUT2D eigenvalue weighted by Crippen LogP contribution is 2.26. The number of carbonyl (C=O) groups excluding carboxylic acids is 2. The first-order valence-electron chi connectivity index (χ1n) is 5.33. The third-order valence-electron chi connectivity index (χ3n) is 2.42. The smallest absolute Gasteiger partial charge is 0.398 e. The molecule has 1 atom stereocenters. The fourth-order valence-corrected chi connectivity index (χ4v) is 1.50. The van der Waals surface area contributed by atoms with Gasteiger partial charge in [-0.3, -0.25) is 14.9 Å². The molecule has 1 unspecified atom stereocenters. The number of esters is 1. The Morgan fingerprint density at radius 3 is 2.42 bits per heavy atom. The maximum Gasteiger partial charge on any atom is 0.398 e. The summed E-state index contributed by atoms with van der Waals surface area (Å²) >= 11 is 0. The number of carbonyl (C=O) groups is 2. The summed E-state index contributed by atoms with van der Waals surface area (Å²) in [5.41, 5.74) is -2.95. The molecule has 0 aliphatic carbocycles. The lowest BCUT2D eigenvalue weighted by molar-refractivity contribution is -0.542. The lowest BCUT2D eigenvalue weighted by atomic mass is 9.87. The van der Waals surface area contributed by atoms with Gasteiger partial charge in [0.25, 0.3) is 0 Å². The Bertz CT molecular complexity index is 549. The Labute approximate surface area is 108 Å². The molecule has 0 saturated carbocycles. The maximum atomic E-state index is 11.9. The number of hydrogen-bond acceptors (Lipinski definition) is 6. The van der Waals surface area contributed by atoms with E-state index in [1.807, 2.05) is 0 Å². The zero-order valence-electron chi connectivity index (χ0n) is 10.0. The van der Waals surface area contributed by atoms with E-state index in [2.05, 4.69) is 4.74 Å². The molecule has 7 heteroatoms. The number of nitro groups is 1. The second-order valence-electron chi connectivity index (χ2n) is 3.49. The van der Waals surface area contributed by atoms with Crippen LogP contribution in [-0.2, 0) is 19.9 Å². The summed E-state index contributed by atoms with van der Waals surface area (Å²) in [6, 6.07) is 8.24. The van der Waals surface area contributed by atoms with E-state index in [-0.39, 0.29) is 12.2 Å². The topological polar surface area (TPSA) is 110 Å². The normalized spacial score (nSPS) is 12.8. The van der Waals surface area contributed by atoms with Crippen LogP contribution in [0.15, 0.2) is 30.3 Å². The molecule has 0 amide bonds. The molecule has 98 valence electrons. The first-order chi connectivity index (χ1) is 9.00. The van der Waals surface area contributed by atoms with Gasteiger partial charge in [-0.15, -0.1) is 0 Å². The van der Waals surface area contributed by atoms with Gasteiger partial charge in [0, 0.05) is 0 Å². The summed E-state index contributed by atoms with van der Waals surface area (Å²) in [4.78, 5) is 33.4. The van der Waals surface area contributed by atoms with Gasteiger partial charge in [-0.1, -0.05) is 30.3 Å². The Morgan fingerprint density at radius 1 is 1.42 bits per heavy atom. The number of benzene rings is 1. The van der Waals surface area contributed by atoms with Gasteiger partial charge in [0.15, 0.2) is 6.07 Å². The number of rotatable bonds is 5. The van der Waals surface area contributed by atoms with Gasteiger partial charge >= 0.3 is 17.3 Å². The van der Waals surface area contributed by atoms with Crippen LogP contribution in [0.2, 0.25) is 0 Å². The lowest BCUT2D eigenvalue weighted by Gasteiger charge is -2.15. The molecule has 0 heterocycles. The van der Waals surface area contributed by atoms with Crippen LogP contribution in [0.5, 0.6) is 0 Å². The van der Waals surface area contributed by atoms with Crippen LogP contribution in [0, 0.1) is 21.4 Å². The van der Waals surface area contributed by atoms with Crippen LogP contribution >= 0.6 is 0 Å². The molecule has 0 bridgehead atoms. The van der Waals surface area contributed by atoms with Crippen LogP contribution in [0.25, 0.3) is 0 Å². The Balaban J connectivity index is 3.38. The van der Waals surface area contributed by atoms with Gasteiger partial charge in [-0.25, -0.2) is 4.79 Å². The van der Waals surface area contributed by atoms with Crippen LogP contribution in [-0.4, -0.2) is 23.3 Å². The largest absolute Gasteiger partial charge is 0.460 e. The first kappa shape index (κ1) is 14.3. The van der Waals surface area contributed by atoms with Crippen molar-refractivity contribution in [1.82, 2.24) is 0 Å². The number of nitrogens with zero attached hydrogens (tertiary/aromatic N) is 2. The lowest BCUT2D eigenvalue weighted by Crippen LogP contribution is -2.46. The van der Waals surface area contributed by atoms with Crippen molar-refractivity contribution in [3.05, 3.63) is 46.0 Å². The van der Waals surface area contributed by atoms with E-state index in [0.717, 1.165) is 0 Å². The molecule has 0 fully saturated rings. The number of ketones is 1. The number of nitriles is 1. The van der Waals surface area contributed by atoms with E-state index in [4.69, 9.17) is 5.26 Å². The highest BCUT2D eigenvalue weighted by molar-refractivity contribution is 6.37. The summed E-state index contributed by atoms with van der Waals surface area (Å²) in [6.45, 7) is 1.34. The minimum atomic E-state index is -2.77. The zero-order valence-corrected chi connectivity index (χ0v) is 10.0. The average molecular weight is 262 g/mol. The minimum absolute atomic E-state index is 0.113. The molecule has 0 N–H and O–H groups in total. The van der Waals surface area contributed by atoms with E-state index < -0.39 is 22.2 Å². The van der Waals surface area contributed by atoms with Crippen molar-refractivity contribution in [3.8, 4) is 6.07 Å². The van der Waals surface area contributed by atoms with Gasteiger partial charge in [0.1, 0.15) is 0 Å². The van der Waals surface area contributed by atoms with Crippen LogP contribution < -0.4 is 0 Å². The van der Waals surface area contributed by atoms with E-state index in [1.165, 1.54) is 37.3 Å². The zero-order chi connectivity index (χ0) is 14.5. The summed E-state index contributed by atoms with van der Waals surface area (Å²) in [6.07, 6.45) is 0. The summed E-state index contributed by atoms with van der Waals surface area (Å²) in [5, 5.41) is 20.2. The number of Topliss-reactive ketones (excluding diaryl/α,β-unsaturated/α-hetero) is 1. The molecule has 19 heavy (non-hydrogen) atoms. The maximum absolute atomic E-state index is 11.9. The summed E-state index contributed by atoms with van der Waals surface area (Å²) in [5.74, 6) is -2.90. The highest BCUT2D eigenvalue weighted by atomic mass is 16.6. The molecule has 0 spiro atoms. The minimum Gasteiger partial charge on any atom is -0.460 e. The first-order valence-corrected chi connectivity index (χ1v) is 5.33. The fraction of sp³-hybridized carbons (Fsp3) is 0.250. The molecule has 1 aromatic rings. The van der Waals surface area contributed by atoms with Crippen molar-refractivity contribution in [2.24, 2.45) is 0 Å². The van der Waals surface area contributed by atoms with Crippen molar-refractivity contribution >= 4 is 11.8 Å². The van der Waals surface area contributed by atoms with Crippen molar-refractivity contribution < 1.29 is 19.2 Å². The predicted molar refractivity (Wildman–Crippen MR) is 62.4 cm³/mol. The summed E-state index contributed by atoms with van der Waals surface area (Å²) in [7, 11) is 0. The Kier molecular flexibility index (Phi) is 4.32. The van der Waals surface area contributed by atoms with Crippen molar-refractivity contribution in [3.63, 3.8) is 0 Å². The predicted octanol–water partition coefficient (Wildman–Crippen LogP) is 0.814. The monoisotopic (exact) mass is 262 g/mol. The second kappa shape index (κ2) is 5.73. The van der Waals surface area contributed by atoms with Crippen molar-refractivity contribution in [2.45, 2.75) is 12.5 Å². The van der Waals surface area contributed by atoms with Crippen LogP contribution in [0.3, 0.4) is 0 Å². The third kappa shape index (κ3) is 2.42. The number of hydrogen-bond donors (Lipinski definition) is 0. The van der Waals surface area contributed by atoms with E-state index in [0.29, 0.717) is 0 Å². The highest BCUT2D eigenvalue weighted by Gasteiger charge is 2.57. The van der Waals surface area contributed by atoms with Gasteiger partial charge < -0.3 is 4.74 Å². The van der Waals surface area contributed by atoms with Gasteiger partial charge in [0.05, 0.1) is 17.1 Å². The molecule has 0 saturated heterocycles. The van der Waals surface area contributed by atoms with Gasteiger partial charge in [0.2, 0.25) is 0 Å². The van der Waals surface area contributed by atoms with Crippen molar-refractivity contribution in [1.29, 1.82) is 5.26 Å². The fourth-order valence-electron chi connectivity index (χ4n) is 1.50. The van der Waals surface area contributed by atoms with E-state index in [1.54, 1.807) is 6.07 Å². The molecular formula is C12H10N2O5. The molecule has 7 nitrogen and oxygen atoms in total. The van der Waals surface area contributed by atoms with Gasteiger partial charge in [-0.2, -0.15) is 5.26 Å². The van der Waals surface area contributed by atoms with Crippen LogP contribution in [0.1, 0.15) is 12.5 Å². The van der Waals surface area contributed by atoms with Gasteiger partial charge in [-0.05, 0) is 6.92 Å². The number of ether oxygens (including phenoxy) is 1. The van der Waals surface area contributed by atoms with E-state index >= 15 is 0 Å². The third-order valence-corrected chi connectivity index (χ3v) is 2.42. The average Bonchev–Trinajstić information content (AvgIpc) is 2.41. The summed E-state index contributed by atoms with van der Waals surface area (Å²) < 4.78 is 4.44. The molecule has 0 aliphatic rings. The molecule has 0 radical (unpaired) electrons. The quantitative estimate of drug-likeness (QED) is 0.336.